The first-order chi connectivity index (χ1) is 11.0. The second-order valence-corrected chi connectivity index (χ2v) is 6.51. The number of hydrogen-bond donors (Lipinski definition) is 2. The molecule has 126 valence electrons. The maximum absolute atomic E-state index is 12.5. The lowest BCUT2D eigenvalue weighted by molar-refractivity contribution is -0.118. The smallest absolute Gasteiger partial charge is 0.253 e. The van der Waals surface area contributed by atoms with Gasteiger partial charge in [0, 0.05) is 30.3 Å². The first-order valence-corrected chi connectivity index (χ1v) is 8.36. The molecule has 1 aliphatic rings. The van der Waals surface area contributed by atoms with E-state index in [9.17, 15) is 9.59 Å². The van der Waals surface area contributed by atoms with Gasteiger partial charge < -0.3 is 15.5 Å². The summed E-state index contributed by atoms with van der Waals surface area (Å²) in [6.07, 6.45) is 2.10. The second-order valence-electron chi connectivity index (χ2n) is 6.51. The highest BCUT2D eigenvalue weighted by atomic mass is 16.2. The minimum atomic E-state index is -0.0600. The van der Waals surface area contributed by atoms with E-state index in [2.05, 4.69) is 10.6 Å². The zero-order valence-electron chi connectivity index (χ0n) is 14.3. The number of benzene rings is 1. The van der Waals surface area contributed by atoms with Crippen LogP contribution in [0.2, 0.25) is 0 Å². The Balaban J connectivity index is 1.92. The summed E-state index contributed by atoms with van der Waals surface area (Å²) in [7, 11) is 1.97. The van der Waals surface area contributed by atoms with E-state index in [1.165, 1.54) is 0 Å². The lowest BCUT2D eigenvalue weighted by Gasteiger charge is -2.32. The van der Waals surface area contributed by atoms with Crippen LogP contribution in [0.4, 0.5) is 5.69 Å². The van der Waals surface area contributed by atoms with Crippen molar-refractivity contribution < 1.29 is 9.59 Å². The SMILES string of the molecule is CNCC1CCN(C(=O)c2ccc(NC(=O)C(C)C)cc2)CC1. The standard InChI is InChI=1S/C18H27N3O2/c1-13(2)17(22)20-16-6-4-15(5-7-16)18(23)21-10-8-14(9-11-21)12-19-3/h4-7,13-14,19H,8-12H2,1-3H3,(H,20,22). The van der Waals surface area contributed by atoms with Crippen LogP contribution in [0.25, 0.3) is 0 Å². The van der Waals surface area contributed by atoms with E-state index in [-0.39, 0.29) is 17.7 Å². The summed E-state index contributed by atoms with van der Waals surface area (Å²) in [4.78, 5) is 26.1. The number of carbonyl (C=O) groups excluding carboxylic acids is 2. The molecule has 0 unspecified atom stereocenters. The van der Waals surface area contributed by atoms with Crippen molar-refractivity contribution in [3.63, 3.8) is 0 Å². The van der Waals surface area contributed by atoms with Crippen molar-refractivity contribution in [3.05, 3.63) is 29.8 Å². The molecule has 5 heteroatoms. The molecule has 0 aliphatic carbocycles. The Morgan fingerprint density at radius 3 is 2.30 bits per heavy atom. The van der Waals surface area contributed by atoms with Crippen molar-refractivity contribution in [1.29, 1.82) is 0 Å². The van der Waals surface area contributed by atoms with E-state index in [0.29, 0.717) is 11.5 Å². The molecule has 5 nitrogen and oxygen atoms in total. The summed E-state index contributed by atoms with van der Waals surface area (Å²) in [5.41, 5.74) is 1.41. The minimum absolute atomic E-state index is 0.0179. The molecule has 0 spiro atoms. The Hall–Kier alpha value is -1.88. The van der Waals surface area contributed by atoms with E-state index in [1.807, 2.05) is 25.8 Å². The van der Waals surface area contributed by atoms with Crippen LogP contribution >= 0.6 is 0 Å². The van der Waals surface area contributed by atoms with Crippen LogP contribution in [0.5, 0.6) is 0 Å². The van der Waals surface area contributed by atoms with Gasteiger partial charge >= 0.3 is 0 Å². The number of amides is 2. The minimum Gasteiger partial charge on any atom is -0.339 e. The van der Waals surface area contributed by atoms with Gasteiger partial charge in [-0.2, -0.15) is 0 Å². The lowest BCUT2D eigenvalue weighted by Crippen LogP contribution is -2.40. The number of likely N-dealkylation sites (tertiary alicyclic amines) is 1. The van der Waals surface area contributed by atoms with Crippen molar-refractivity contribution in [1.82, 2.24) is 10.2 Å². The first-order valence-electron chi connectivity index (χ1n) is 8.36. The highest BCUT2D eigenvalue weighted by molar-refractivity contribution is 5.96. The summed E-state index contributed by atoms with van der Waals surface area (Å²) in [5, 5.41) is 6.04. The monoisotopic (exact) mass is 317 g/mol. The number of nitrogens with one attached hydrogen (secondary N) is 2. The van der Waals surface area contributed by atoms with Gasteiger partial charge in [0.1, 0.15) is 0 Å². The van der Waals surface area contributed by atoms with Crippen molar-refractivity contribution in [2.75, 3.05) is 32.0 Å². The van der Waals surface area contributed by atoms with Crippen LogP contribution in [0.1, 0.15) is 37.0 Å². The molecule has 0 atom stereocenters. The van der Waals surface area contributed by atoms with Crippen LogP contribution < -0.4 is 10.6 Å². The zero-order valence-corrected chi connectivity index (χ0v) is 14.3. The number of carbonyl (C=O) groups is 2. The zero-order chi connectivity index (χ0) is 16.8. The fourth-order valence-electron chi connectivity index (χ4n) is 2.79. The van der Waals surface area contributed by atoms with E-state index in [4.69, 9.17) is 0 Å². The average molecular weight is 317 g/mol. The second kappa shape index (κ2) is 8.11. The summed E-state index contributed by atoms with van der Waals surface area (Å²) < 4.78 is 0. The molecular weight excluding hydrogens is 290 g/mol. The molecule has 23 heavy (non-hydrogen) atoms. The third-order valence-corrected chi connectivity index (χ3v) is 4.32. The normalized spacial score (nSPS) is 15.7. The van der Waals surface area contributed by atoms with E-state index >= 15 is 0 Å². The fourth-order valence-corrected chi connectivity index (χ4v) is 2.79. The van der Waals surface area contributed by atoms with Gasteiger partial charge in [0.15, 0.2) is 0 Å². The van der Waals surface area contributed by atoms with Gasteiger partial charge in [0.25, 0.3) is 5.91 Å². The average Bonchev–Trinajstić information content (AvgIpc) is 2.56. The quantitative estimate of drug-likeness (QED) is 0.876. The van der Waals surface area contributed by atoms with Crippen LogP contribution in [-0.4, -0.2) is 43.4 Å². The Bertz CT molecular complexity index is 532. The molecule has 1 fully saturated rings. The number of hydrogen-bond acceptors (Lipinski definition) is 3. The van der Waals surface area contributed by atoms with Gasteiger partial charge in [0.05, 0.1) is 0 Å². The van der Waals surface area contributed by atoms with Crippen molar-refractivity contribution in [2.24, 2.45) is 11.8 Å². The number of nitrogens with zero attached hydrogens (tertiary/aromatic N) is 1. The van der Waals surface area contributed by atoms with Gasteiger partial charge in [0.2, 0.25) is 5.91 Å². The fraction of sp³-hybridized carbons (Fsp3) is 0.556. The predicted octanol–water partition coefficient (Wildman–Crippen LogP) is 2.35. The molecule has 0 bridgehead atoms. The third kappa shape index (κ3) is 4.79. The molecule has 0 radical (unpaired) electrons. The summed E-state index contributed by atoms with van der Waals surface area (Å²) in [6.45, 7) is 6.36. The van der Waals surface area contributed by atoms with Crippen molar-refractivity contribution >= 4 is 17.5 Å². The maximum atomic E-state index is 12.5. The molecule has 1 aliphatic heterocycles. The summed E-state index contributed by atoms with van der Waals surface area (Å²) >= 11 is 0. The first kappa shape index (κ1) is 17.5. The molecule has 1 saturated heterocycles. The Kier molecular flexibility index (Phi) is 6.16. The van der Waals surface area contributed by atoms with E-state index in [1.54, 1.807) is 24.3 Å². The predicted molar refractivity (Wildman–Crippen MR) is 92.5 cm³/mol. The topological polar surface area (TPSA) is 61.4 Å². The molecule has 1 aromatic rings. The Morgan fingerprint density at radius 2 is 1.78 bits per heavy atom. The van der Waals surface area contributed by atoms with Gasteiger partial charge in [-0.25, -0.2) is 0 Å². The molecule has 1 aromatic carbocycles. The highest BCUT2D eigenvalue weighted by Crippen LogP contribution is 2.19. The largest absolute Gasteiger partial charge is 0.339 e. The molecule has 0 aromatic heterocycles. The van der Waals surface area contributed by atoms with Crippen LogP contribution in [0, 0.1) is 11.8 Å². The van der Waals surface area contributed by atoms with Gasteiger partial charge in [-0.15, -0.1) is 0 Å². The molecular formula is C18H27N3O2. The van der Waals surface area contributed by atoms with Crippen molar-refractivity contribution in [2.45, 2.75) is 26.7 Å². The molecule has 0 saturated carbocycles. The van der Waals surface area contributed by atoms with E-state index < -0.39 is 0 Å². The van der Waals surface area contributed by atoms with Crippen LogP contribution in [0.3, 0.4) is 0 Å². The molecule has 2 rings (SSSR count). The molecule has 2 amide bonds. The molecule has 1 heterocycles. The number of anilines is 1. The Labute approximate surface area is 138 Å². The maximum Gasteiger partial charge on any atom is 0.253 e. The summed E-state index contributed by atoms with van der Waals surface area (Å²) in [6, 6.07) is 7.17. The Morgan fingerprint density at radius 1 is 1.17 bits per heavy atom. The van der Waals surface area contributed by atoms with Gasteiger partial charge in [-0.3, -0.25) is 9.59 Å². The number of rotatable bonds is 5. The van der Waals surface area contributed by atoms with Gasteiger partial charge in [-0.05, 0) is 56.6 Å². The van der Waals surface area contributed by atoms with E-state index in [0.717, 1.165) is 38.2 Å². The molecule has 2 N–H and O–H groups in total. The highest BCUT2D eigenvalue weighted by Gasteiger charge is 2.23. The third-order valence-electron chi connectivity index (χ3n) is 4.32. The summed E-state index contributed by atoms with van der Waals surface area (Å²) in [5.74, 6) is 0.665. The number of piperidine rings is 1. The van der Waals surface area contributed by atoms with Crippen LogP contribution in [0.15, 0.2) is 24.3 Å². The van der Waals surface area contributed by atoms with Gasteiger partial charge in [-0.1, -0.05) is 13.8 Å². The van der Waals surface area contributed by atoms with Crippen LogP contribution in [-0.2, 0) is 4.79 Å². The lowest BCUT2D eigenvalue weighted by atomic mass is 9.96. The van der Waals surface area contributed by atoms with Crippen molar-refractivity contribution in [3.8, 4) is 0 Å².